The molecule has 1 aromatic carbocycles. The number of ether oxygens (including phenoxy) is 1. The molecule has 1 amide bonds. The molecule has 0 aromatic heterocycles. The van der Waals surface area contributed by atoms with Crippen LogP contribution in [-0.2, 0) is 4.74 Å². The van der Waals surface area contributed by atoms with Crippen molar-refractivity contribution in [3.8, 4) is 0 Å². The number of nitrogens with zero attached hydrogens (tertiary/aromatic N) is 1. The maximum absolute atomic E-state index is 14.1. The molecule has 1 aromatic rings. The third-order valence-electron chi connectivity index (χ3n) is 3.88. The SMILES string of the molecule is CC(C)(C)OC(=O)N1CCC(c2c(F)cc(C(=O)O)cc2F)CC1. The first-order valence-corrected chi connectivity index (χ1v) is 7.78. The van der Waals surface area contributed by atoms with Gasteiger partial charge in [0.15, 0.2) is 0 Å². The van der Waals surface area contributed by atoms with Crippen LogP contribution in [0.25, 0.3) is 0 Å². The minimum Gasteiger partial charge on any atom is -0.478 e. The number of carbonyl (C=O) groups excluding carboxylic acids is 1. The summed E-state index contributed by atoms with van der Waals surface area (Å²) in [5, 5.41) is 8.83. The van der Waals surface area contributed by atoms with E-state index in [0.717, 1.165) is 12.1 Å². The minimum atomic E-state index is -1.38. The maximum Gasteiger partial charge on any atom is 0.410 e. The van der Waals surface area contributed by atoms with Crippen LogP contribution in [-0.4, -0.2) is 40.8 Å². The Bertz CT molecular complexity index is 623. The van der Waals surface area contributed by atoms with E-state index in [1.807, 2.05) is 0 Å². The molecule has 1 fully saturated rings. The van der Waals surface area contributed by atoms with Crippen LogP contribution in [0.3, 0.4) is 0 Å². The lowest BCUT2D eigenvalue weighted by Gasteiger charge is -2.33. The van der Waals surface area contributed by atoms with Gasteiger partial charge in [0.25, 0.3) is 0 Å². The van der Waals surface area contributed by atoms with Crippen molar-refractivity contribution in [1.29, 1.82) is 0 Å². The fraction of sp³-hybridized carbons (Fsp3) is 0.529. The molecule has 1 aliphatic heterocycles. The highest BCUT2D eigenvalue weighted by molar-refractivity contribution is 5.87. The van der Waals surface area contributed by atoms with Crippen LogP contribution in [0.5, 0.6) is 0 Å². The number of hydrogen-bond donors (Lipinski definition) is 1. The van der Waals surface area contributed by atoms with Crippen molar-refractivity contribution in [2.45, 2.75) is 45.1 Å². The van der Waals surface area contributed by atoms with Crippen LogP contribution in [0, 0.1) is 11.6 Å². The molecule has 0 spiro atoms. The van der Waals surface area contributed by atoms with Crippen molar-refractivity contribution in [3.05, 3.63) is 34.9 Å². The Hall–Kier alpha value is -2.18. The highest BCUT2D eigenvalue weighted by Crippen LogP contribution is 2.33. The zero-order chi connectivity index (χ0) is 18.1. The number of carboxylic acid groups (broad SMARTS) is 1. The van der Waals surface area contributed by atoms with Gasteiger partial charge in [0.05, 0.1) is 5.56 Å². The number of halogens is 2. The molecule has 2 rings (SSSR count). The van der Waals surface area contributed by atoms with Crippen LogP contribution in [0.4, 0.5) is 13.6 Å². The lowest BCUT2D eigenvalue weighted by molar-refractivity contribution is 0.0203. The Kier molecular flexibility index (Phi) is 5.11. The van der Waals surface area contributed by atoms with Crippen molar-refractivity contribution in [1.82, 2.24) is 4.90 Å². The Balaban J connectivity index is 2.07. The molecule has 1 aliphatic rings. The van der Waals surface area contributed by atoms with Gasteiger partial charge in [-0.15, -0.1) is 0 Å². The van der Waals surface area contributed by atoms with Gasteiger partial charge in [0.1, 0.15) is 17.2 Å². The molecule has 0 atom stereocenters. The van der Waals surface area contributed by atoms with Crippen LogP contribution < -0.4 is 0 Å². The molecule has 24 heavy (non-hydrogen) atoms. The molecule has 0 bridgehead atoms. The molecule has 5 nitrogen and oxygen atoms in total. The Morgan fingerprint density at radius 2 is 1.67 bits per heavy atom. The normalized spacial score (nSPS) is 16.1. The largest absolute Gasteiger partial charge is 0.478 e. The van der Waals surface area contributed by atoms with Gasteiger partial charge >= 0.3 is 12.1 Å². The van der Waals surface area contributed by atoms with E-state index >= 15 is 0 Å². The number of rotatable bonds is 2. The van der Waals surface area contributed by atoms with Crippen molar-refractivity contribution in [3.63, 3.8) is 0 Å². The fourth-order valence-corrected chi connectivity index (χ4v) is 2.77. The van der Waals surface area contributed by atoms with E-state index in [9.17, 15) is 18.4 Å². The van der Waals surface area contributed by atoms with Gasteiger partial charge in [-0.25, -0.2) is 18.4 Å². The van der Waals surface area contributed by atoms with Crippen LogP contribution in [0.15, 0.2) is 12.1 Å². The first-order valence-electron chi connectivity index (χ1n) is 7.78. The topological polar surface area (TPSA) is 66.8 Å². The lowest BCUT2D eigenvalue weighted by atomic mass is 9.88. The summed E-state index contributed by atoms with van der Waals surface area (Å²) < 4.78 is 33.5. The first kappa shape index (κ1) is 18.2. The molecule has 0 saturated carbocycles. The number of aromatic carboxylic acids is 1. The average Bonchev–Trinajstić information content (AvgIpc) is 2.45. The number of piperidine rings is 1. The summed E-state index contributed by atoms with van der Waals surface area (Å²) in [7, 11) is 0. The fourth-order valence-electron chi connectivity index (χ4n) is 2.77. The van der Waals surface area contributed by atoms with E-state index in [1.54, 1.807) is 20.8 Å². The van der Waals surface area contributed by atoms with Crippen LogP contribution in [0.1, 0.15) is 55.5 Å². The standard InChI is InChI=1S/C17H21F2NO4/c1-17(2,3)24-16(23)20-6-4-10(5-7-20)14-12(18)8-11(15(21)22)9-13(14)19/h8-10H,4-7H2,1-3H3,(H,21,22). The van der Waals surface area contributed by atoms with Crippen molar-refractivity contribution >= 4 is 12.1 Å². The highest BCUT2D eigenvalue weighted by atomic mass is 19.1. The van der Waals surface area contributed by atoms with Crippen LogP contribution >= 0.6 is 0 Å². The molecule has 7 heteroatoms. The summed E-state index contributed by atoms with van der Waals surface area (Å²) in [6, 6.07) is 1.67. The summed E-state index contributed by atoms with van der Waals surface area (Å²) in [6.07, 6.45) is 0.335. The quantitative estimate of drug-likeness (QED) is 0.889. The van der Waals surface area contributed by atoms with Crippen LogP contribution in [0.2, 0.25) is 0 Å². The molecule has 1 heterocycles. The zero-order valence-electron chi connectivity index (χ0n) is 13.9. The average molecular weight is 341 g/mol. The predicted molar refractivity (Wildman–Crippen MR) is 83.1 cm³/mol. The first-order chi connectivity index (χ1) is 11.1. The number of carboxylic acids is 1. The lowest BCUT2D eigenvalue weighted by Crippen LogP contribution is -2.41. The minimum absolute atomic E-state index is 0.108. The van der Waals surface area contributed by atoms with E-state index in [4.69, 9.17) is 9.84 Å². The van der Waals surface area contributed by atoms with Gasteiger partial charge in [-0.2, -0.15) is 0 Å². The van der Waals surface area contributed by atoms with E-state index < -0.39 is 40.8 Å². The monoisotopic (exact) mass is 341 g/mol. The molecular weight excluding hydrogens is 320 g/mol. The molecular formula is C17H21F2NO4. The third-order valence-corrected chi connectivity index (χ3v) is 3.88. The second kappa shape index (κ2) is 6.75. The van der Waals surface area contributed by atoms with E-state index in [0.29, 0.717) is 25.9 Å². The molecule has 132 valence electrons. The van der Waals surface area contributed by atoms with Crippen molar-refractivity contribution in [2.24, 2.45) is 0 Å². The van der Waals surface area contributed by atoms with Gasteiger partial charge in [0.2, 0.25) is 0 Å². The molecule has 0 aliphatic carbocycles. The zero-order valence-corrected chi connectivity index (χ0v) is 13.9. The summed E-state index contributed by atoms with van der Waals surface area (Å²) in [4.78, 5) is 24.4. The second-order valence-electron chi connectivity index (χ2n) is 6.90. The summed E-state index contributed by atoms with van der Waals surface area (Å²) >= 11 is 0. The number of carbonyl (C=O) groups is 2. The summed E-state index contributed by atoms with van der Waals surface area (Å²) in [5.74, 6) is -3.49. The highest BCUT2D eigenvalue weighted by Gasteiger charge is 2.30. The van der Waals surface area contributed by atoms with Gasteiger partial charge < -0.3 is 14.7 Å². The summed E-state index contributed by atoms with van der Waals surface area (Å²) in [5.41, 5.74) is -1.12. The van der Waals surface area contributed by atoms with Gasteiger partial charge in [0, 0.05) is 18.7 Å². The van der Waals surface area contributed by atoms with E-state index in [2.05, 4.69) is 0 Å². The summed E-state index contributed by atoms with van der Waals surface area (Å²) in [6.45, 7) is 5.98. The van der Waals surface area contributed by atoms with Crippen molar-refractivity contribution < 1.29 is 28.2 Å². The number of likely N-dealkylation sites (tertiary alicyclic amines) is 1. The molecule has 0 radical (unpaired) electrons. The smallest absolute Gasteiger partial charge is 0.410 e. The maximum atomic E-state index is 14.1. The predicted octanol–water partition coefficient (Wildman–Crippen LogP) is 3.78. The van der Waals surface area contributed by atoms with E-state index in [-0.39, 0.29) is 5.56 Å². The van der Waals surface area contributed by atoms with Gasteiger partial charge in [-0.1, -0.05) is 0 Å². The van der Waals surface area contributed by atoms with Gasteiger partial charge in [-0.05, 0) is 51.7 Å². The molecule has 1 saturated heterocycles. The van der Waals surface area contributed by atoms with Crippen molar-refractivity contribution in [2.75, 3.05) is 13.1 Å². The van der Waals surface area contributed by atoms with E-state index in [1.165, 1.54) is 4.90 Å². The Labute approximate surface area is 139 Å². The number of hydrogen-bond acceptors (Lipinski definition) is 3. The number of amides is 1. The molecule has 0 unspecified atom stereocenters. The third kappa shape index (κ3) is 4.21. The van der Waals surface area contributed by atoms with Gasteiger partial charge in [-0.3, -0.25) is 0 Å². The second-order valence-corrected chi connectivity index (χ2v) is 6.90. The number of benzene rings is 1. The molecule has 1 N–H and O–H groups in total. The Morgan fingerprint density at radius 1 is 1.17 bits per heavy atom. The Morgan fingerprint density at radius 3 is 2.08 bits per heavy atom.